The summed E-state index contributed by atoms with van der Waals surface area (Å²) in [6, 6.07) is 5.65. The predicted molar refractivity (Wildman–Crippen MR) is 77.0 cm³/mol. The Kier molecular flexibility index (Phi) is 5.60. The van der Waals surface area contributed by atoms with E-state index in [9.17, 15) is 4.39 Å². The summed E-state index contributed by atoms with van der Waals surface area (Å²) in [5.74, 6) is 0.733. The maximum Gasteiger partial charge on any atom is 0.122 e. The first kappa shape index (κ1) is 15.4. The molecule has 0 amide bonds. The van der Waals surface area contributed by atoms with Crippen molar-refractivity contribution >= 4 is 15.9 Å². The molecule has 0 aliphatic carbocycles. The van der Waals surface area contributed by atoms with Gasteiger partial charge in [0.2, 0.25) is 0 Å². The van der Waals surface area contributed by atoms with E-state index in [1.807, 2.05) is 39.0 Å². The number of alkyl halides is 1. The van der Waals surface area contributed by atoms with Crippen molar-refractivity contribution in [1.29, 1.82) is 0 Å². The van der Waals surface area contributed by atoms with E-state index in [-0.39, 0.29) is 5.54 Å². The summed E-state index contributed by atoms with van der Waals surface area (Å²) in [5, 5.41) is 3.17. The Bertz CT molecular complexity index is 390. The van der Waals surface area contributed by atoms with Gasteiger partial charge in [-0.15, -0.1) is 0 Å². The van der Waals surface area contributed by atoms with E-state index >= 15 is 0 Å². The van der Waals surface area contributed by atoms with Gasteiger partial charge in [-0.2, -0.15) is 0 Å². The first-order chi connectivity index (χ1) is 8.31. The molecule has 1 rings (SSSR count). The first-order valence-electron chi connectivity index (χ1n) is 6.03. The second-order valence-electron chi connectivity index (χ2n) is 5.39. The highest BCUT2D eigenvalue weighted by atomic mass is 79.9. The van der Waals surface area contributed by atoms with Crippen LogP contribution in [0.25, 0.3) is 0 Å². The molecule has 0 aromatic heterocycles. The molecular weight excluding hydrogens is 297 g/mol. The number of halogens is 2. The van der Waals surface area contributed by atoms with Gasteiger partial charge in [-0.3, -0.25) is 0 Å². The smallest absolute Gasteiger partial charge is 0.122 e. The molecule has 2 nitrogen and oxygen atoms in total. The quantitative estimate of drug-likeness (QED) is 0.893. The van der Waals surface area contributed by atoms with E-state index in [0.717, 1.165) is 15.8 Å². The normalized spacial score (nSPS) is 13.4. The van der Waals surface area contributed by atoms with Crippen molar-refractivity contribution in [3.05, 3.63) is 28.2 Å². The SMILES string of the molecule is COc1ccc(Br)cc1CC(F)CNC(C)(C)C. The van der Waals surface area contributed by atoms with Crippen LogP contribution in [-0.4, -0.2) is 25.4 Å². The van der Waals surface area contributed by atoms with Gasteiger partial charge in [0.1, 0.15) is 11.9 Å². The molecule has 0 saturated carbocycles. The van der Waals surface area contributed by atoms with Crippen LogP contribution >= 0.6 is 15.9 Å². The lowest BCUT2D eigenvalue weighted by Gasteiger charge is -2.22. The number of nitrogens with one attached hydrogen (secondary N) is 1. The Morgan fingerprint density at radius 3 is 2.61 bits per heavy atom. The highest BCUT2D eigenvalue weighted by Gasteiger charge is 2.15. The molecule has 0 radical (unpaired) electrons. The molecule has 18 heavy (non-hydrogen) atoms. The van der Waals surface area contributed by atoms with E-state index in [0.29, 0.717) is 13.0 Å². The Labute approximate surface area is 117 Å². The number of hydrogen-bond donors (Lipinski definition) is 1. The maximum absolute atomic E-state index is 13.9. The molecule has 1 unspecified atom stereocenters. The van der Waals surface area contributed by atoms with Crippen molar-refractivity contribution in [3.63, 3.8) is 0 Å². The average molecular weight is 318 g/mol. The number of benzene rings is 1. The van der Waals surface area contributed by atoms with Crippen LogP contribution in [-0.2, 0) is 6.42 Å². The average Bonchev–Trinajstić information content (AvgIpc) is 2.26. The third-order valence-electron chi connectivity index (χ3n) is 2.54. The van der Waals surface area contributed by atoms with Gasteiger partial charge in [0.05, 0.1) is 7.11 Å². The van der Waals surface area contributed by atoms with Crippen molar-refractivity contribution in [2.24, 2.45) is 0 Å². The Balaban J connectivity index is 2.63. The van der Waals surface area contributed by atoms with Crippen molar-refractivity contribution < 1.29 is 9.13 Å². The third-order valence-corrected chi connectivity index (χ3v) is 3.03. The van der Waals surface area contributed by atoms with Gasteiger partial charge in [0, 0.05) is 23.0 Å². The second-order valence-corrected chi connectivity index (χ2v) is 6.30. The van der Waals surface area contributed by atoms with Crippen LogP contribution in [0.5, 0.6) is 5.75 Å². The Morgan fingerprint density at radius 1 is 1.39 bits per heavy atom. The molecule has 1 aromatic carbocycles. The Hall–Kier alpha value is -0.610. The number of rotatable bonds is 5. The van der Waals surface area contributed by atoms with E-state index in [2.05, 4.69) is 21.2 Å². The lowest BCUT2D eigenvalue weighted by Crippen LogP contribution is -2.40. The van der Waals surface area contributed by atoms with Crippen LogP contribution in [0.2, 0.25) is 0 Å². The van der Waals surface area contributed by atoms with E-state index < -0.39 is 6.17 Å². The molecule has 1 aromatic rings. The van der Waals surface area contributed by atoms with Crippen molar-refractivity contribution in [3.8, 4) is 5.75 Å². The summed E-state index contributed by atoms with van der Waals surface area (Å²) >= 11 is 3.39. The minimum Gasteiger partial charge on any atom is -0.496 e. The van der Waals surface area contributed by atoms with Crippen LogP contribution in [0.1, 0.15) is 26.3 Å². The van der Waals surface area contributed by atoms with Crippen LogP contribution < -0.4 is 10.1 Å². The molecule has 0 bridgehead atoms. The van der Waals surface area contributed by atoms with Crippen molar-refractivity contribution in [2.45, 2.75) is 38.9 Å². The molecule has 1 N–H and O–H groups in total. The molecule has 0 aliphatic heterocycles. The van der Waals surface area contributed by atoms with Gasteiger partial charge in [-0.1, -0.05) is 15.9 Å². The number of hydrogen-bond acceptors (Lipinski definition) is 2. The van der Waals surface area contributed by atoms with Gasteiger partial charge in [0.25, 0.3) is 0 Å². The van der Waals surface area contributed by atoms with Gasteiger partial charge in [0.15, 0.2) is 0 Å². The Morgan fingerprint density at radius 2 is 2.06 bits per heavy atom. The lowest BCUT2D eigenvalue weighted by atomic mass is 10.1. The van der Waals surface area contributed by atoms with E-state index in [1.165, 1.54) is 0 Å². The van der Waals surface area contributed by atoms with E-state index in [1.54, 1.807) is 7.11 Å². The number of ether oxygens (including phenoxy) is 1. The molecular formula is C14H21BrFNO. The molecule has 102 valence electrons. The zero-order valence-corrected chi connectivity index (χ0v) is 13.0. The van der Waals surface area contributed by atoms with Gasteiger partial charge >= 0.3 is 0 Å². The summed E-state index contributed by atoms with van der Waals surface area (Å²) in [6.07, 6.45) is -0.571. The minimum atomic E-state index is -0.924. The molecule has 0 spiro atoms. The standard InChI is InChI=1S/C14H21BrFNO/c1-14(2,3)17-9-12(16)8-10-7-11(15)5-6-13(10)18-4/h5-7,12,17H,8-9H2,1-4H3. The fourth-order valence-corrected chi connectivity index (χ4v) is 2.04. The van der Waals surface area contributed by atoms with Crippen LogP contribution in [0.4, 0.5) is 4.39 Å². The van der Waals surface area contributed by atoms with Gasteiger partial charge in [-0.05, 0) is 44.5 Å². The second kappa shape index (κ2) is 6.53. The fraction of sp³-hybridized carbons (Fsp3) is 0.571. The van der Waals surface area contributed by atoms with Crippen LogP contribution in [0.15, 0.2) is 22.7 Å². The molecule has 4 heteroatoms. The summed E-state index contributed by atoms with van der Waals surface area (Å²) in [4.78, 5) is 0. The van der Waals surface area contributed by atoms with Crippen LogP contribution in [0, 0.1) is 0 Å². The summed E-state index contributed by atoms with van der Waals surface area (Å²) in [5.41, 5.74) is 0.821. The topological polar surface area (TPSA) is 21.3 Å². The highest BCUT2D eigenvalue weighted by Crippen LogP contribution is 2.24. The predicted octanol–water partition coefficient (Wildman–Crippen LogP) is 3.73. The van der Waals surface area contributed by atoms with Gasteiger partial charge < -0.3 is 10.1 Å². The van der Waals surface area contributed by atoms with E-state index in [4.69, 9.17) is 4.74 Å². The van der Waals surface area contributed by atoms with Gasteiger partial charge in [-0.25, -0.2) is 4.39 Å². The maximum atomic E-state index is 13.9. The highest BCUT2D eigenvalue weighted by molar-refractivity contribution is 9.10. The molecule has 0 fully saturated rings. The monoisotopic (exact) mass is 317 g/mol. The van der Waals surface area contributed by atoms with Crippen LogP contribution in [0.3, 0.4) is 0 Å². The molecule has 0 aliphatic rings. The fourth-order valence-electron chi connectivity index (χ4n) is 1.63. The minimum absolute atomic E-state index is 0.0638. The van der Waals surface area contributed by atoms with Crippen molar-refractivity contribution in [2.75, 3.05) is 13.7 Å². The molecule has 1 atom stereocenters. The zero-order chi connectivity index (χ0) is 13.8. The summed E-state index contributed by atoms with van der Waals surface area (Å²) in [7, 11) is 1.60. The lowest BCUT2D eigenvalue weighted by molar-refractivity contribution is 0.282. The molecule has 0 saturated heterocycles. The summed E-state index contributed by atoms with van der Waals surface area (Å²) < 4.78 is 20.1. The van der Waals surface area contributed by atoms with Crippen molar-refractivity contribution in [1.82, 2.24) is 5.32 Å². The third kappa shape index (κ3) is 5.36. The summed E-state index contributed by atoms with van der Waals surface area (Å²) in [6.45, 7) is 6.43. The molecule has 0 heterocycles. The number of methoxy groups -OCH3 is 1. The zero-order valence-electron chi connectivity index (χ0n) is 11.4. The first-order valence-corrected chi connectivity index (χ1v) is 6.82. The largest absolute Gasteiger partial charge is 0.496 e.